The monoisotopic (exact) mass is 298 g/mol. The largest absolute Gasteiger partial charge is 0.355 e. The molecule has 1 aromatic rings. The molecule has 1 amide bonds. The lowest BCUT2D eigenvalue weighted by molar-refractivity contribution is -0.118. The molecule has 0 saturated heterocycles. The fourth-order valence-corrected chi connectivity index (χ4v) is 3.04. The summed E-state index contributed by atoms with van der Waals surface area (Å²) in [6, 6.07) is 7.06. The van der Waals surface area contributed by atoms with E-state index in [1.54, 1.807) is 24.3 Å². The van der Waals surface area contributed by atoms with Crippen LogP contribution in [0.25, 0.3) is 0 Å². The van der Waals surface area contributed by atoms with Gasteiger partial charge >= 0.3 is 0 Å². The van der Waals surface area contributed by atoms with E-state index in [1.165, 1.54) is 0 Å². The first-order chi connectivity index (χ1) is 9.46. The van der Waals surface area contributed by atoms with E-state index in [2.05, 4.69) is 5.32 Å². The quantitative estimate of drug-likeness (QED) is 0.700. The van der Waals surface area contributed by atoms with Gasteiger partial charge in [0.2, 0.25) is 5.91 Å². The Morgan fingerprint density at radius 2 is 1.80 bits per heavy atom. The number of benzene rings is 1. The highest BCUT2D eigenvalue weighted by molar-refractivity contribution is 7.91. The zero-order valence-corrected chi connectivity index (χ0v) is 12.6. The van der Waals surface area contributed by atoms with E-state index in [0.29, 0.717) is 18.7 Å². The van der Waals surface area contributed by atoms with Crippen LogP contribution >= 0.6 is 0 Å². The van der Waals surface area contributed by atoms with E-state index in [4.69, 9.17) is 5.73 Å². The molecule has 0 bridgehead atoms. The van der Waals surface area contributed by atoms with Crippen LogP contribution in [-0.4, -0.2) is 26.6 Å². The highest BCUT2D eigenvalue weighted by Gasteiger charge is 2.17. The average molecular weight is 298 g/mol. The molecule has 0 aliphatic rings. The number of unbranched alkanes of at least 4 members (excludes halogenated alkanes) is 1. The van der Waals surface area contributed by atoms with Crippen LogP contribution in [0.1, 0.15) is 30.9 Å². The number of carbonyl (C=O) groups is 1. The smallest absolute Gasteiger partial charge is 0.235 e. The van der Waals surface area contributed by atoms with Gasteiger partial charge in [-0.2, -0.15) is 0 Å². The Hall–Kier alpha value is -1.40. The van der Waals surface area contributed by atoms with Crippen molar-refractivity contribution in [2.24, 2.45) is 5.73 Å². The molecule has 0 aliphatic heterocycles. The molecule has 0 unspecified atom stereocenters. The molecule has 0 radical (unpaired) electrons. The van der Waals surface area contributed by atoms with Gasteiger partial charge in [0.25, 0.3) is 0 Å². The molecule has 1 aromatic carbocycles. The van der Waals surface area contributed by atoms with Crippen LogP contribution in [0.3, 0.4) is 0 Å². The van der Waals surface area contributed by atoms with Gasteiger partial charge in [0.15, 0.2) is 9.84 Å². The molecule has 1 rings (SSSR count). The predicted octanol–water partition coefficient (Wildman–Crippen LogP) is 0.976. The van der Waals surface area contributed by atoms with Crippen LogP contribution in [0, 0.1) is 0 Å². The van der Waals surface area contributed by atoms with Gasteiger partial charge in [-0.15, -0.1) is 0 Å². The molecule has 5 nitrogen and oxygen atoms in total. The van der Waals surface area contributed by atoms with Crippen molar-refractivity contribution in [1.82, 2.24) is 5.32 Å². The summed E-state index contributed by atoms with van der Waals surface area (Å²) in [5.41, 5.74) is 7.10. The van der Waals surface area contributed by atoms with E-state index >= 15 is 0 Å². The second-order valence-corrected chi connectivity index (χ2v) is 6.82. The topological polar surface area (TPSA) is 89.3 Å². The summed E-state index contributed by atoms with van der Waals surface area (Å²) in [5.74, 6) is -1.02. The van der Waals surface area contributed by atoms with Crippen molar-refractivity contribution in [2.75, 3.05) is 12.3 Å². The SMILES string of the molecule is CCCCNC(=O)CS(=O)(=O)Cc1ccc(CN)cc1. The molecule has 0 atom stereocenters. The van der Waals surface area contributed by atoms with Gasteiger partial charge < -0.3 is 11.1 Å². The number of amides is 1. The van der Waals surface area contributed by atoms with Crippen LogP contribution in [0.2, 0.25) is 0 Å². The number of nitrogens with two attached hydrogens (primary N) is 1. The van der Waals surface area contributed by atoms with Crippen molar-refractivity contribution in [2.45, 2.75) is 32.1 Å². The highest BCUT2D eigenvalue weighted by atomic mass is 32.2. The normalized spacial score (nSPS) is 11.3. The van der Waals surface area contributed by atoms with Crippen molar-refractivity contribution in [3.63, 3.8) is 0 Å². The van der Waals surface area contributed by atoms with Crippen LogP contribution in [-0.2, 0) is 26.9 Å². The van der Waals surface area contributed by atoms with Crippen molar-refractivity contribution in [1.29, 1.82) is 0 Å². The Kier molecular flexibility index (Phi) is 6.67. The van der Waals surface area contributed by atoms with Gasteiger partial charge in [-0.1, -0.05) is 37.6 Å². The molecule has 0 spiro atoms. The molecule has 0 aromatic heterocycles. The van der Waals surface area contributed by atoms with Gasteiger partial charge in [-0.05, 0) is 17.5 Å². The lowest BCUT2D eigenvalue weighted by atomic mass is 10.1. The Labute approximate surface area is 120 Å². The standard InChI is InChI=1S/C14H22N2O3S/c1-2-3-8-16-14(17)11-20(18,19)10-13-6-4-12(9-15)5-7-13/h4-7H,2-3,8-11,15H2,1H3,(H,16,17). The summed E-state index contributed by atoms with van der Waals surface area (Å²) in [6.07, 6.45) is 1.81. The van der Waals surface area contributed by atoms with Crippen LogP contribution in [0.15, 0.2) is 24.3 Å². The van der Waals surface area contributed by atoms with Crippen molar-refractivity contribution >= 4 is 15.7 Å². The molecule has 0 heterocycles. The zero-order valence-electron chi connectivity index (χ0n) is 11.8. The molecule has 3 N–H and O–H groups in total. The van der Waals surface area contributed by atoms with Gasteiger partial charge in [0, 0.05) is 13.1 Å². The number of rotatable bonds is 8. The van der Waals surface area contributed by atoms with Crippen molar-refractivity contribution in [3.05, 3.63) is 35.4 Å². The van der Waals surface area contributed by atoms with Gasteiger partial charge in [-0.25, -0.2) is 8.42 Å². The number of hydrogen-bond donors (Lipinski definition) is 2. The van der Waals surface area contributed by atoms with E-state index in [0.717, 1.165) is 18.4 Å². The first-order valence-electron chi connectivity index (χ1n) is 6.72. The summed E-state index contributed by atoms with van der Waals surface area (Å²) >= 11 is 0. The lowest BCUT2D eigenvalue weighted by Crippen LogP contribution is -2.31. The maximum atomic E-state index is 11.9. The molecule has 0 aliphatic carbocycles. The zero-order chi connectivity index (χ0) is 15.0. The lowest BCUT2D eigenvalue weighted by Gasteiger charge is -2.06. The molecular weight excluding hydrogens is 276 g/mol. The molecule has 112 valence electrons. The van der Waals surface area contributed by atoms with E-state index < -0.39 is 21.5 Å². The van der Waals surface area contributed by atoms with E-state index in [9.17, 15) is 13.2 Å². The van der Waals surface area contributed by atoms with Crippen LogP contribution in [0.5, 0.6) is 0 Å². The molecule has 20 heavy (non-hydrogen) atoms. The number of nitrogens with one attached hydrogen (secondary N) is 1. The van der Waals surface area contributed by atoms with Crippen molar-refractivity contribution < 1.29 is 13.2 Å². The number of sulfone groups is 1. The molecule has 6 heteroatoms. The van der Waals surface area contributed by atoms with Gasteiger partial charge in [0.1, 0.15) is 5.75 Å². The first-order valence-corrected chi connectivity index (χ1v) is 8.54. The van der Waals surface area contributed by atoms with Crippen LogP contribution < -0.4 is 11.1 Å². The molecule has 0 fully saturated rings. The van der Waals surface area contributed by atoms with E-state index in [-0.39, 0.29) is 5.75 Å². The third-order valence-electron chi connectivity index (χ3n) is 2.85. The van der Waals surface area contributed by atoms with Gasteiger partial charge in [0.05, 0.1) is 5.75 Å². The summed E-state index contributed by atoms with van der Waals surface area (Å²) in [6.45, 7) is 2.96. The first kappa shape index (κ1) is 16.7. The Bertz CT molecular complexity index is 524. The maximum Gasteiger partial charge on any atom is 0.235 e. The number of hydrogen-bond acceptors (Lipinski definition) is 4. The van der Waals surface area contributed by atoms with E-state index in [1.807, 2.05) is 6.92 Å². The fraction of sp³-hybridized carbons (Fsp3) is 0.500. The number of carbonyl (C=O) groups excluding carboxylic acids is 1. The Morgan fingerprint density at radius 1 is 1.20 bits per heavy atom. The minimum atomic E-state index is -3.43. The summed E-state index contributed by atoms with van der Waals surface area (Å²) in [5, 5.41) is 2.61. The Morgan fingerprint density at radius 3 is 2.35 bits per heavy atom. The average Bonchev–Trinajstić information content (AvgIpc) is 2.38. The predicted molar refractivity (Wildman–Crippen MR) is 79.7 cm³/mol. The second kappa shape index (κ2) is 8.01. The second-order valence-electron chi connectivity index (χ2n) is 4.76. The maximum absolute atomic E-state index is 11.9. The minimum Gasteiger partial charge on any atom is -0.355 e. The minimum absolute atomic E-state index is 0.126. The molecular formula is C14H22N2O3S. The van der Waals surface area contributed by atoms with Crippen LogP contribution in [0.4, 0.5) is 0 Å². The van der Waals surface area contributed by atoms with Crippen molar-refractivity contribution in [3.8, 4) is 0 Å². The highest BCUT2D eigenvalue weighted by Crippen LogP contribution is 2.08. The Balaban J connectivity index is 2.53. The third kappa shape index (κ3) is 6.16. The summed E-state index contributed by atoms with van der Waals surface area (Å²) < 4.78 is 23.8. The molecule has 0 saturated carbocycles. The third-order valence-corrected chi connectivity index (χ3v) is 4.32. The summed E-state index contributed by atoms with van der Waals surface area (Å²) in [7, 11) is -3.43. The fourth-order valence-electron chi connectivity index (χ4n) is 1.73. The summed E-state index contributed by atoms with van der Waals surface area (Å²) in [4.78, 5) is 11.5. The van der Waals surface area contributed by atoms with Gasteiger partial charge in [-0.3, -0.25) is 4.79 Å².